The number of rotatable bonds is 5. The fourth-order valence-electron chi connectivity index (χ4n) is 4.29. The van der Waals surface area contributed by atoms with Crippen LogP contribution in [-0.2, 0) is 4.74 Å². The van der Waals surface area contributed by atoms with E-state index in [1.54, 1.807) is 0 Å². The third kappa shape index (κ3) is 3.98. The maximum atomic E-state index is 5.64. The summed E-state index contributed by atoms with van der Waals surface area (Å²) in [5.41, 5.74) is 0.434. The molecular formula is C17H33N3O. The molecule has 4 heteroatoms. The number of hydrogen-bond donors (Lipinski definition) is 1. The summed E-state index contributed by atoms with van der Waals surface area (Å²) >= 11 is 0. The quantitative estimate of drug-likeness (QED) is 0.833. The zero-order valence-electron chi connectivity index (χ0n) is 13.9. The third-order valence-corrected chi connectivity index (χ3v) is 5.67. The summed E-state index contributed by atoms with van der Waals surface area (Å²) in [6, 6.07) is 1.42. The highest BCUT2D eigenvalue weighted by Crippen LogP contribution is 2.32. The first-order valence-electron chi connectivity index (χ1n) is 8.94. The highest BCUT2D eigenvalue weighted by molar-refractivity contribution is 4.92. The lowest BCUT2D eigenvalue weighted by molar-refractivity contribution is -0.0172. The fourth-order valence-corrected chi connectivity index (χ4v) is 4.29. The summed E-state index contributed by atoms with van der Waals surface area (Å²) < 4.78 is 5.64. The number of nitrogens with zero attached hydrogens (tertiary/aromatic N) is 2. The molecule has 21 heavy (non-hydrogen) atoms. The van der Waals surface area contributed by atoms with Gasteiger partial charge in [0.15, 0.2) is 0 Å². The Morgan fingerprint density at radius 2 is 2.00 bits per heavy atom. The van der Waals surface area contributed by atoms with Crippen LogP contribution in [0, 0.1) is 5.41 Å². The zero-order chi connectivity index (χ0) is 14.7. The van der Waals surface area contributed by atoms with E-state index in [1.165, 1.54) is 58.4 Å². The summed E-state index contributed by atoms with van der Waals surface area (Å²) in [6.45, 7) is 14.0. The van der Waals surface area contributed by atoms with Crippen LogP contribution in [0.3, 0.4) is 0 Å². The second-order valence-corrected chi connectivity index (χ2v) is 7.72. The van der Waals surface area contributed by atoms with Gasteiger partial charge in [0.2, 0.25) is 0 Å². The van der Waals surface area contributed by atoms with E-state index in [0.29, 0.717) is 11.5 Å². The van der Waals surface area contributed by atoms with Crippen LogP contribution in [0.15, 0.2) is 0 Å². The normalized spacial score (nSPS) is 30.7. The van der Waals surface area contributed by atoms with Crippen molar-refractivity contribution < 1.29 is 4.74 Å². The molecule has 0 aromatic carbocycles. The predicted molar refractivity (Wildman–Crippen MR) is 86.7 cm³/mol. The van der Waals surface area contributed by atoms with Crippen molar-refractivity contribution in [3.8, 4) is 0 Å². The van der Waals surface area contributed by atoms with Crippen LogP contribution in [0.25, 0.3) is 0 Å². The number of ether oxygens (including phenoxy) is 1. The van der Waals surface area contributed by atoms with Gasteiger partial charge in [-0.2, -0.15) is 0 Å². The molecule has 0 bridgehead atoms. The maximum Gasteiger partial charge on any atom is 0.0472 e. The Kier molecular flexibility index (Phi) is 5.20. The molecule has 3 aliphatic heterocycles. The van der Waals surface area contributed by atoms with Gasteiger partial charge in [-0.15, -0.1) is 0 Å². The molecule has 0 spiro atoms. The van der Waals surface area contributed by atoms with Gasteiger partial charge < -0.3 is 10.1 Å². The van der Waals surface area contributed by atoms with Crippen LogP contribution < -0.4 is 5.32 Å². The second kappa shape index (κ2) is 6.95. The Balaban J connectivity index is 1.58. The molecule has 0 saturated carbocycles. The van der Waals surface area contributed by atoms with E-state index in [0.717, 1.165) is 25.8 Å². The van der Waals surface area contributed by atoms with Gasteiger partial charge in [0.25, 0.3) is 0 Å². The third-order valence-electron chi connectivity index (χ3n) is 5.67. The smallest absolute Gasteiger partial charge is 0.0472 e. The summed E-state index contributed by atoms with van der Waals surface area (Å²) in [4.78, 5) is 5.46. The molecule has 0 aliphatic carbocycles. The van der Waals surface area contributed by atoms with Crippen LogP contribution in [0.4, 0.5) is 0 Å². The van der Waals surface area contributed by atoms with Crippen molar-refractivity contribution in [3.63, 3.8) is 0 Å². The number of nitrogens with one attached hydrogen (secondary N) is 1. The Morgan fingerprint density at radius 1 is 1.19 bits per heavy atom. The lowest BCUT2D eigenvalue weighted by atomic mass is 9.79. The number of piperazine rings is 1. The van der Waals surface area contributed by atoms with Crippen molar-refractivity contribution >= 4 is 0 Å². The molecular weight excluding hydrogens is 262 g/mol. The summed E-state index contributed by atoms with van der Waals surface area (Å²) in [6.07, 6.45) is 5.26. The van der Waals surface area contributed by atoms with Crippen molar-refractivity contribution in [2.45, 2.75) is 51.6 Å². The summed E-state index contributed by atoms with van der Waals surface area (Å²) in [7, 11) is 0. The molecule has 3 heterocycles. The molecule has 0 amide bonds. The molecule has 4 nitrogen and oxygen atoms in total. The van der Waals surface area contributed by atoms with Crippen molar-refractivity contribution in [2.24, 2.45) is 5.41 Å². The van der Waals surface area contributed by atoms with Gasteiger partial charge in [-0.05, 0) is 37.6 Å². The van der Waals surface area contributed by atoms with Crippen LogP contribution >= 0.6 is 0 Å². The highest BCUT2D eigenvalue weighted by atomic mass is 16.5. The van der Waals surface area contributed by atoms with Gasteiger partial charge in [0.1, 0.15) is 0 Å². The average molecular weight is 295 g/mol. The largest absolute Gasteiger partial charge is 0.381 e. The van der Waals surface area contributed by atoms with Crippen molar-refractivity contribution in [1.29, 1.82) is 0 Å². The van der Waals surface area contributed by atoms with Gasteiger partial charge in [-0.25, -0.2) is 0 Å². The van der Waals surface area contributed by atoms with Crippen LogP contribution in [-0.4, -0.2) is 74.4 Å². The molecule has 0 aromatic rings. The predicted octanol–water partition coefficient (Wildman–Crippen LogP) is 1.56. The van der Waals surface area contributed by atoms with Crippen molar-refractivity contribution in [1.82, 2.24) is 15.1 Å². The summed E-state index contributed by atoms with van der Waals surface area (Å²) in [5.74, 6) is 0. The number of fused-ring (bicyclic) bond motifs is 1. The van der Waals surface area contributed by atoms with E-state index in [1.807, 2.05) is 0 Å². The Bertz CT molecular complexity index is 328. The first kappa shape index (κ1) is 15.7. The molecule has 3 aliphatic rings. The minimum atomic E-state index is 0.434. The van der Waals surface area contributed by atoms with E-state index >= 15 is 0 Å². The Labute approximate surface area is 130 Å². The van der Waals surface area contributed by atoms with E-state index in [4.69, 9.17) is 4.74 Å². The SMILES string of the molecule is CC(C)NCC1(CN2CCN3CCCC3C2)CCOCC1. The van der Waals surface area contributed by atoms with Gasteiger partial charge >= 0.3 is 0 Å². The van der Waals surface area contributed by atoms with Crippen LogP contribution in [0.5, 0.6) is 0 Å². The zero-order valence-corrected chi connectivity index (χ0v) is 13.9. The standard InChI is InChI=1S/C17H33N3O/c1-15(2)18-13-17(5-10-21-11-6-17)14-19-8-9-20-7-3-4-16(20)12-19/h15-16,18H,3-14H2,1-2H3. The molecule has 1 unspecified atom stereocenters. The number of hydrogen-bond acceptors (Lipinski definition) is 4. The first-order chi connectivity index (χ1) is 10.2. The Morgan fingerprint density at radius 3 is 2.76 bits per heavy atom. The molecule has 0 aromatic heterocycles. The molecule has 1 N–H and O–H groups in total. The second-order valence-electron chi connectivity index (χ2n) is 7.72. The monoisotopic (exact) mass is 295 g/mol. The van der Waals surface area contributed by atoms with E-state index in [9.17, 15) is 0 Å². The fraction of sp³-hybridized carbons (Fsp3) is 1.00. The minimum absolute atomic E-state index is 0.434. The van der Waals surface area contributed by atoms with Gasteiger partial charge in [0.05, 0.1) is 0 Å². The lowest BCUT2D eigenvalue weighted by Gasteiger charge is -2.45. The molecule has 122 valence electrons. The van der Waals surface area contributed by atoms with E-state index in [2.05, 4.69) is 29.0 Å². The molecule has 3 saturated heterocycles. The molecule has 3 fully saturated rings. The Hall–Kier alpha value is -0.160. The lowest BCUT2D eigenvalue weighted by Crippen LogP contribution is -2.55. The van der Waals surface area contributed by atoms with Gasteiger partial charge in [-0.1, -0.05) is 13.8 Å². The van der Waals surface area contributed by atoms with E-state index in [-0.39, 0.29) is 0 Å². The van der Waals surface area contributed by atoms with Gasteiger partial charge in [0, 0.05) is 58.0 Å². The van der Waals surface area contributed by atoms with E-state index < -0.39 is 0 Å². The van der Waals surface area contributed by atoms with Crippen molar-refractivity contribution in [3.05, 3.63) is 0 Å². The average Bonchev–Trinajstić information content (AvgIpc) is 2.94. The van der Waals surface area contributed by atoms with Gasteiger partial charge in [-0.3, -0.25) is 9.80 Å². The highest BCUT2D eigenvalue weighted by Gasteiger charge is 2.37. The molecule has 3 rings (SSSR count). The summed E-state index contributed by atoms with van der Waals surface area (Å²) in [5, 5.41) is 3.70. The minimum Gasteiger partial charge on any atom is -0.381 e. The van der Waals surface area contributed by atoms with Crippen molar-refractivity contribution in [2.75, 3.05) is 52.5 Å². The molecule has 0 radical (unpaired) electrons. The van der Waals surface area contributed by atoms with Crippen LogP contribution in [0.1, 0.15) is 39.5 Å². The topological polar surface area (TPSA) is 27.7 Å². The van der Waals surface area contributed by atoms with Crippen LogP contribution in [0.2, 0.25) is 0 Å². The first-order valence-corrected chi connectivity index (χ1v) is 8.94. The molecule has 1 atom stereocenters. The maximum absolute atomic E-state index is 5.64.